The lowest BCUT2D eigenvalue weighted by molar-refractivity contribution is -0.145. The molecule has 16 heavy (non-hydrogen) atoms. The van der Waals surface area contributed by atoms with Crippen LogP contribution in [0.2, 0.25) is 0 Å². The molecule has 0 saturated carbocycles. The Morgan fingerprint density at radius 1 is 1.50 bits per heavy atom. The van der Waals surface area contributed by atoms with E-state index in [9.17, 15) is 18.0 Å². The van der Waals surface area contributed by atoms with E-state index in [-0.39, 0.29) is 5.70 Å². The van der Waals surface area contributed by atoms with Crippen LogP contribution in [0.25, 0.3) is 5.70 Å². The molecule has 1 aromatic heterocycles. The molecule has 0 aliphatic rings. The summed E-state index contributed by atoms with van der Waals surface area (Å²) in [4.78, 5) is 15.6. The molecule has 0 radical (unpaired) electrons. The number of carbonyl (C=O) groups is 1. The second-order valence-corrected chi connectivity index (χ2v) is 3.16. The van der Waals surface area contributed by atoms with Gasteiger partial charge in [0.15, 0.2) is 0 Å². The number of halogens is 3. The second-order valence-electron chi connectivity index (χ2n) is 3.16. The third kappa shape index (κ3) is 2.38. The van der Waals surface area contributed by atoms with Gasteiger partial charge in [-0.05, 0) is 0 Å². The van der Waals surface area contributed by atoms with Gasteiger partial charge in [0.25, 0.3) is 11.7 Å². The Balaban J connectivity index is 2.95. The fraction of sp³-hybridized carbons (Fsp3) is 0.375. The number of nitrogens with zero attached hydrogens (tertiary/aromatic N) is 4. The predicted molar refractivity (Wildman–Crippen MR) is 49.0 cm³/mol. The predicted octanol–water partition coefficient (Wildman–Crippen LogP) is 0.856. The highest BCUT2D eigenvalue weighted by Crippen LogP contribution is 2.25. The first-order valence-electron chi connectivity index (χ1n) is 4.13. The zero-order chi connectivity index (χ0) is 12.5. The van der Waals surface area contributed by atoms with Crippen molar-refractivity contribution in [1.82, 2.24) is 19.7 Å². The summed E-state index contributed by atoms with van der Waals surface area (Å²) in [5, 5.41) is 3.12. The van der Waals surface area contributed by atoms with Gasteiger partial charge in [0.05, 0.1) is 0 Å². The van der Waals surface area contributed by atoms with Crippen molar-refractivity contribution in [3.8, 4) is 0 Å². The van der Waals surface area contributed by atoms with Crippen LogP contribution in [0.3, 0.4) is 0 Å². The first kappa shape index (κ1) is 12.2. The van der Waals surface area contributed by atoms with E-state index in [0.29, 0.717) is 4.68 Å². The highest BCUT2D eigenvalue weighted by molar-refractivity contribution is 6.12. The van der Waals surface area contributed by atoms with Crippen molar-refractivity contribution in [3.63, 3.8) is 0 Å². The van der Waals surface area contributed by atoms with Crippen LogP contribution < -0.4 is 0 Å². The van der Waals surface area contributed by atoms with Gasteiger partial charge in [-0.2, -0.15) is 13.2 Å². The van der Waals surface area contributed by atoms with Crippen LogP contribution in [0.1, 0.15) is 5.82 Å². The lowest BCUT2D eigenvalue weighted by atomic mass is 10.4. The average molecular weight is 234 g/mol. The smallest absolute Gasteiger partial charge is 0.343 e. The number of aromatic nitrogens is 3. The van der Waals surface area contributed by atoms with Crippen molar-refractivity contribution in [1.29, 1.82) is 0 Å². The molecular formula is C8H9F3N4O. The van der Waals surface area contributed by atoms with Crippen molar-refractivity contribution in [2.75, 3.05) is 14.1 Å². The third-order valence-corrected chi connectivity index (χ3v) is 1.67. The number of likely N-dealkylation sites (N-methyl/N-ethyl adjacent to an activating group) is 1. The maximum absolute atomic E-state index is 12.2. The molecule has 0 aliphatic carbocycles. The van der Waals surface area contributed by atoms with E-state index in [0.717, 1.165) is 6.33 Å². The number of hydrogen-bond acceptors (Lipinski definition) is 3. The van der Waals surface area contributed by atoms with E-state index in [4.69, 9.17) is 0 Å². The molecule has 0 unspecified atom stereocenters. The maximum atomic E-state index is 12.2. The normalized spacial score (nSPS) is 11.3. The summed E-state index contributed by atoms with van der Waals surface area (Å²) in [7, 11) is 2.91. The minimum Gasteiger partial charge on any atom is -0.343 e. The molecule has 0 N–H and O–H groups in total. The Kier molecular flexibility index (Phi) is 3.02. The summed E-state index contributed by atoms with van der Waals surface area (Å²) in [6.07, 6.45) is -3.83. The average Bonchev–Trinajstić information content (AvgIpc) is 2.63. The van der Waals surface area contributed by atoms with Crippen LogP contribution in [-0.2, 0) is 11.0 Å². The molecule has 0 spiro atoms. The molecule has 0 bridgehead atoms. The molecule has 1 rings (SSSR count). The molecule has 1 aromatic rings. The molecule has 0 aliphatic heterocycles. The minimum absolute atomic E-state index is 0.201. The molecule has 5 nitrogen and oxygen atoms in total. The van der Waals surface area contributed by atoms with E-state index in [1.54, 1.807) is 0 Å². The zero-order valence-corrected chi connectivity index (χ0v) is 8.62. The minimum atomic E-state index is -4.63. The first-order chi connectivity index (χ1) is 7.23. The Labute approximate surface area is 89.2 Å². The summed E-state index contributed by atoms with van der Waals surface area (Å²) in [6, 6.07) is 0. The van der Waals surface area contributed by atoms with E-state index < -0.39 is 17.9 Å². The number of amides is 1. The Hall–Kier alpha value is -1.86. The second kappa shape index (κ2) is 3.95. The van der Waals surface area contributed by atoms with Gasteiger partial charge in [-0.25, -0.2) is 9.67 Å². The lowest BCUT2D eigenvalue weighted by Crippen LogP contribution is -2.25. The van der Waals surface area contributed by atoms with Gasteiger partial charge in [-0.1, -0.05) is 6.58 Å². The van der Waals surface area contributed by atoms with Gasteiger partial charge < -0.3 is 4.90 Å². The Morgan fingerprint density at radius 3 is 2.44 bits per heavy atom. The summed E-state index contributed by atoms with van der Waals surface area (Å²) < 4.78 is 37.2. The number of rotatable bonds is 2. The molecular weight excluding hydrogens is 225 g/mol. The molecule has 88 valence electrons. The highest BCUT2D eigenvalue weighted by atomic mass is 19.4. The molecule has 8 heteroatoms. The number of alkyl halides is 3. The van der Waals surface area contributed by atoms with Crippen LogP contribution in [0, 0.1) is 0 Å². The van der Waals surface area contributed by atoms with Gasteiger partial charge in [0, 0.05) is 14.1 Å². The van der Waals surface area contributed by atoms with Crippen molar-refractivity contribution in [3.05, 3.63) is 18.7 Å². The molecule has 0 fully saturated rings. The maximum Gasteiger partial charge on any atom is 0.453 e. The van der Waals surface area contributed by atoms with Crippen LogP contribution in [-0.4, -0.2) is 39.7 Å². The monoisotopic (exact) mass is 234 g/mol. The quantitative estimate of drug-likeness (QED) is 0.713. The molecule has 0 saturated heterocycles. The summed E-state index contributed by atoms with van der Waals surface area (Å²) in [5.41, 5.74) is -0.201. The summed E-state index contributed by atoms with van der Waals surface area (Å²) >= 11 is 0. The van der Waals surface area contributed by atoms with Gasteiger partial charge in [-0.15, -0.1) is 5.10 Å². The summed E-state index contributed by atoms with van der Waals surface area (Å²) in [5.74, 6) is -1.85. The van der Waals surface area contributed by atoms with Gasteiger partial charge >= 0.3 is 6.18 Å². The number of carbonyl (C=O) groups excluding carboxylic acids is 1. The fourth-order valence-electron chi connectivity index (χ4n) is 0.879. The van der Waals surface area contributed by atoms with Gasteiger partial charge in [-0.3, -0.25) is 4.79 Å². The van der Waals surface area contributed by atoms with Crippen LogP contribution in [0.4, 0.5) is 13.2 Å². The van der Waals surface area contributed by atoms with E-state index >= 15 is 0 Å². The van der Waals surface area contributed by atoms with E-state index in [2.05, 4.69) is 16.7 Å². The van der Waals surface area contributed by atoms with Gasteiger partial charge in [0.1, 0.15) is 12.0 Å². The summed E-state index contributed by atoms with van der Waals surface area (Å²) in [6.45, 7) is 3.34. The fourth-order valence-corrected chi connectivity index (χ4v) is 0.879. The van der Waals surface area contributed by atoms with Crippen molar-refractivity contribution >= 4 is 11.6 Å². The highest BCUT2D eigenvalue weighted by Gasteiger charge is 2.36. The van der Waals surface area contributed by atoms with Crippen molar-refractivity contribution in [2.24, 2.45) is 0 Å². The van der Waals surface area contributed by atoms with Crippen molar-refractivity contribution in [2.45, 2.75) is 6.18 Å². The molecule has 0 atom stereocenters. The molecule has 0 aromatic carbocycles. The van der Waals surface area contributed by atoms with Crippen LogP contribution in [0.15, 0.2) is 12.9 Å². The third-order valence-electron chi connectivity index (χ3n) is 1.67. The first-order valence-corrected chi connectivity index (χ1v) is 4.13. The lowest BCUT2D eigenvalue weighted by Gasteiger charge is -2.11. The molecule has 1 amide bonds. The topological polar surface area (TPSA) is 51.0 Å². The Morgan fingerprint density at radius 2 is 2.06 bits per heavy atom. The SMILES string of the molecule is C=C(C(=O)N(C)C)n1cnc(C(F)(F)F)n1. The van der Waals surface area contributed by atoms with E-state index in [1.165, 1.54) is 19.0 Å². The van der Waals surface area contributed by atoms with E-state index in [1.807, 2.05) is 0 Å². The van der Waals surface area contributed by atoms with Crippen molar-refractivity contribution < 1.29 is 18.0 Å². The van der Waals surface area contributed by atoms with Crippen LogP contribution >= 0.6 is 0 Å². The standard InChI is InChI=1S/C8H9F3N4O/c1-5(6(16)14(2)3)15-4-12-7(13-15)8(9,10)11/h4H,1H2,2-3H3. The number of hydrogen-bond donors (Lipinski definition) is 0. The molecule has 1 heterocycles. The zero-order valence-electron chi connectivity index (χ0n) is 8.62. The Bertz CT molecular complexity index is 421. The van der Waals surface area contributed by atoms with Gasteiger partial charge in [0.2, 0.25) is 0 Å². The van der Waals surface area contributed by atoms with Crippen LogP contribution in [0.5, 0.6) is 0 Å². The largest absolute Gasteiger partial charge is 0.453 e.